The summed E-state index contributed by atoms with van der Waals surface area (Å²) in [6.45, 7) is -0.317. The predicted molar refractivity (Wildman–Crippen MR) is 109 cm³/mol. The van der Waals surface area contributed by atoms with Gasteiger partial charge in [-0.25, -0.2) is 8.42 Å². The average molecular weight is 487 g/mol. The van der Waals surface area contributed by atoms with Crippen LogP contribution in [0.1, 0.15) is 22.0 Å². The number of sulfonamides is 1. The SMILES string of the molecule is O=C1CN(S(=O)(=O)c2cccc(C(=O)NCC(O)c3ccc(OC(F)(F)F)cc3)c2)CCN1. The normalized spacial score (nSPS) is 16.1. The Morgan fingerprint density at radius 2 is 1.91 bits per heavy atom. The fourth-order valence-corrected chi connectivity index (χ4v) is 4.51. The van der Waals surface area contributed by atoms with Gasteiger partial charge in [0.1, 0.15) is 5.75 Å². The van der Waals surface area contributed by atoms with Gasteiger partial charge in [-0.3, -0.25) is 9.59 Å². The second-order valence-electron chi connectivity index (χ2n) is 7.06. The van der Waals surface area contributed by atoms with Crippen LogP contribution in [0.5, 0.6) is 5.75 Å². The maximum Gasteiger partial charge on any atom is 0.573 e. The van der Waals surface area contributed by atoms with Gasteiger partial charge in [-0.15, -0.1) is 13.2 Å². The summed E-state index contributed by atoms with van der Waals surface area (Å²) < 4.78 is 67.0. The van der Waals surface area contributed by atoms with Gasteiger partial charge in [-0.05, 0) is 35.9 Å². The molecule has 3 rings (SSSR count). The number of carbonyl (C=O) groups is 2. The second kappa shape index (κ2) is 9.77. The van der Waals surface area contributed by atoms with Gasteiger partial charge < -0.3 is 20.5 Å². The lowest BCUT2D eigenvalue weighted by Gasteiger charge is -2.26. The van der Waals surface area contributed by atoms with Gasteiger partial charge in [0.25, 0.3) is 5.91 Å². The number of piperazine rings is 1. The molecule has 1 aliphatic heterocycles. The minimum atomic E-state index is -4.84. The van der Waals surface area contributed by atoms with Crippen LogP contribution in [0.3, 0.4) is 0 Å². The van der Waals surface area contributed by atoms with Gasteiger partial charge in [0.2, 0.25) is 15.9 Å². The highest BCUT2D eigenvalue weighted by Gasteiger charge is 2.31. The van der Waals surface area contributed by atoms with Crippen molar-refractivity contribution in [1.29, 1.82) is 0 Å². The lowest BCUT2D eigenvalue weighted by Crippen LogP contribution is -2.49. The van der Waals surface area contributed by atoms with Crippen LogP contribution >= 0.6 is 0 Å². The second-order valence-corrected chi connectivity index (χ2v) is 9.00. The number of benzene rings is 2. The van der Waals surface area contributed by atoms with E-state index in [1.165, 1.54) is 30.3 Å². The van der Waals surface area contributed by atoms with E-state index in [1.54, 1.807) is 0 Å². The first-order chi connectivity index (χ1) is 15.5. The number of aliphatic hydroxyl groups is 1. The van der Waals surface area contributed by atoms with Crippen molar-refractivity contribution in [1.82, 2.24) is 14.9 Å². The van der Waals surface area contributed by atoms with E-state index in [0.717, 1.165) is 22.5 Å². The Hall–Kier alpha value is -3.16. The Morgan fingerprint density at radius 1 is 1.21 bits per heavy atom. The van der Waals surface area contributed by atoms with Crippen molar-refractivity contribution in [2.24, 2.45) is 0 Å². The summed E-state index contributed by atoms with van der Waals surface area (Å²) in [5, 5.41) is 15.2. The Kier molecular flexibility index (Phi) is 7.25. The minimum absolute atomic E-state index is 0.0126. The van der Waals surface area contributed by atoms with Crippen molar-refractivity contribution in [2.45, 2.75) is 17.4 Å². The molecule has 3 N–H and O–H groups in total. The number of alkyl halides is 3. The Morgan fingerprint density at radius 3 is 2.55 bits per heavy atom. The Labute approximate surface area is 187 Å². The lowest BCUT2D eigenvalue weighted by atomic mass is 10.1. The van der Waals surface area contributed by atoms with Crippen LogP contribution in [0.4, 0.5) is 13.2 Å². The maximum absolute atomic E-state index is 12.8. The molecule has 0 aliphatic carbocycles. The zero-order chi connectivity index (χ0) is 24.2. The van der Waals surface area contributed by atoms with E-state index in [9.17, 15) is 36.3 Å². The summed E-state index contributed by atoms with van der Waals surface area (Å²) >= 11 is 0. The van der Waals surface area contributed by atoms with Crippen molar-refractivity contribution in [2.75, 3.05) is 26.2 Å². The fraction of sp³-hybridized carbons (Fsp3) is 0.300. The molecule has 1 saturated heterocycles. The molecule has 0 aromatic heterocycles. The monoisotopic (exact) mass is 487 g/mol. The molecule has 1 atom stereocenters. The molecule has 9 nitrogen and oxygen atoms in total. The molecule has 1 aliphatic rings. The number of halogens is 3. The third-order valence-corrected chi connectivity index (χ3v) is 6.53. The summed E-state index contributed by atoms with van der Waals surface area (Å²) in [5.74, 6) is -1.54. The van der Waals surface area contributed by atoms with E-state index in [-0.39, 0.29) is 42.2 Å². The molecular weight excluding hydrogens is 467 g/mol. The first-order valence-corrected chi connectivity index (χ1v) is 11.1. The molecule has 0 saturated carbocycles. The van der Waals surface area contributed by atoms with E-state index >= 15 is 0 Å². The van der Waals surface area contributed by atoms with Crippen LogP contribution in [0.15, 0.2) is 53.4 Å². The van der Waals surface area contributed by atoms with E-state index in [0.29, 0.717) is 0 Å². The topological polar surface area (TPSA) is 125 Å². The van der Waals surface area contributed by atoms with Gasteiger partial charge >= 0.3 is 6.36 Å². The smallest absolute Gasteiger partial charge is 0.406 e. The molecular formula is C20H20F3N3O6S. The minimum Gasteiger partial charge on any atom is -0.406 e. The Bertz CT molecular complexity index is 1120. The molecule has 0 bridgehead atoms. The molecule has 0 radical (unpaired) electrons. The number of carbonyl (C=O) groups excluding carboxylic acids is 2. The molecule has 13 heteroatoms. The summed E-state index contributed by atoms with van der Waals surface area (Å²) in [5.41, 5.74) is 0.253. The average Bonchev–Trinajstić information content (AvgIpc) is 2.76. The quantitative estimate of drug-likeness (QED) is 0.539. The lowest BCUT2D eigenvalue weighted by molar-refractivity contribution is -0.274. The van der Waals surface area contributed by atoms with Crippen LogP contribution in [-0.4, -0.2) is 62.2 Å². The highest BCUT2D eigenvalue weighted by Crippen LogP contribution is 2.24. The van der Waals surface area contributed by atoms with Crippen LogP contribution in [-0.2, 0) is 14.8 Å². The van der Waals surface area contributed by atoms with Crippen molar-refractivity contribution >= 4 is 21.8 Å². The first-order valence-electron chi connectivity index (χ1n) is 9.64. The number of nitrogens with zero attached hydrogens (tertiary/aromatic N) is 1. The summed E-state index contributed by atoms with van der Waals surface area (Å²) in [4.78, 5) is 23.8. The molecule has 178 valence electrons. The van der Waals surface area contributed by atoms with Crippen LogP contribution in [0.2, 0.25) is 0 Å². The third-order valence-electron chi connectivity index (χ3n) is 4.69. The predicted octanol–water partition coefficient (Wildman–Crippen LogP) is 1.17. The molecule has 1 unspecified atom stereocenters. The molecule has 2 aromatic rings. The Balaban J connectivity index is 1.63. The number of hydrogen-bond acceptors (Lipinski definition) is 6. The standard InChI is InChI=1S/C20H20F3N3O6S/c21-20(22,23)32-15-6-4-13(5-7-15)17(27)11-25-19(29)14-2-1-3-16(10-14)33(30,31)26-9-8-24-18(28)12-26/h1-7,10,17,27H,8-9,11-12H2,(H,24,28)(H,25,29). The number of aliphatic hydroxyl groups excluding tert-OH is 1. The summed E-state index contributed by atoms with van der Waals surface area (Å²) in [7, 11) is -3.99. The van der Waals surface area contributed by atoms with Crippen LogP contribution in [0.25, 0.3) is 0 Å². The number of nitrogens with one attached hydrogen (secondary N) is 2. The number of rotatable bonds is 7. The van der Waals surface area contributed by atoms with Crippen molar-refractivity contribution in [3.63, 3.8) is 0 Å². The van der Waals surface area contributed by atoms with Gasteiger partial charge in [0, 0.05) is 25.2 Å². The number of hydrogen-bond donors (Lipinski definition) is 3. The molecule has 2 amide bonds. The highest BCUT2D eigenvalue weighted by molar-refractivity contribution is 7.89. The van der Waals surface area contributed by atoms with E-state index < -0.39 is 40.1 Å². The molecule has 33 heavy (non-hydrogen) atoms. The number of amides is 2. The highest BCUT2D eigenvalue weighted by atomic mass is 32.2. The van der Waals surface area contributed by atoms with Crippen LogP contribution < -0.4 is 15.4 Å². The van der Waals surface area contributed by atoms with Crippen LogP contribution in [0, 0.1) is 0 Å². The van der Waals surface area contributed by atoms with Crippen molar-refractivity contribution < 1.29 is 41.0 Å². The van der Waals surface area contributed by atoms with E-state index in [1.807, 2.05) is 0 Å². The summed E-state index contributed by atoms with van der Waals surface area (Å²) in [6.07, 6.45) is -6.07. The largest absolute Gasteiger partial charge is 0.573 e. The van der Waals surface area contributed by atoms with Gasteiger partial charge in [-0.2, -0.15) is 4.31 Å². The zero-order valence-electron chi connectivity index (χ0n) is 17.0. The molecule has 1 fully saturated rings. The van der Waals surface area contributed by atoms with E-state index in [4.69, 9.17) is 0 Å². The fourth-order valence-electron chi connectivity index (χ4n) is 3.07. The van der Waals surface area contributed by atoms with Gasteiger partial charge in [0.05, 0.1) is 17.5 Å². The zero-order valence-corrected chi connectivity index (χ0v) is 17.8. The van der Waals surface area contributed by atoms with E-state index in [2.05, 4.69) is 15.4 Å². The third kappa shape index (κ3) is 6.43. The van der Waals surface area contributed by atoms with Crippen molar-refractivity contribution in [3.05, 3.63) is 59.7 Å². The first kappa shape index (κ1) is 24.5. The molecule has 0 spiro atoms. The molecule has 1 heterocycles. The summed E-state index contributed by atoms with van der Waals surface area (Å²) in [6, 6.07) is 9.73. The number of ether oxygens (including phenoxy) is 1. The van der Waals surface area contributed by atoms with Crippen molar-refractivity contribution in [3.8, 4) is 5.75 Å². The maximum atomic E-state index is 12.8. The van der Waals surface area contributed by atoms with Gasteiger partial charge in [-0.1, -0.05) is 18.2 Å². The van der Waals surface area contributed by atoms with Gasteiger partial charge in [0.15, 0.2) is 0 Å². The molecule has 2 aromatic carbocycles.